The molecule has 1 aliphatic carbocycles. The van der Waals surface area contributed by atoms with E-state index in [4.69, 9.17) is 9.47 Å². The van der Waals surface area contributed by atoms with Crippen LogP contribution in [0.3, 0.4) is 0 Å². The molecule has 1 aromatic heterocycles. The summed E-state index contributed by atoms with van der Waals surface area (Å²) in [4.78, 5) is 0. The fourth-order valence-corrected chi connectivity index (χ4v) is 2.62. The van der Waals surface area contributed by atoms with Crippen LogP contribution in [0.2, 0.25) is 0 Å². The van der Waals surface area contributed by atoms with Crippen LogP contribution in [0, 0.1) is 0 Å². The first-order valence-electron chi connectivity index (χ1n) is 7.06. The number of hydrogen-bond acceptors (Lipinski definition) is 6. The smallest absolute Gasteiger partial charge is 0.143 e. The van der Waals surface area contributed by atoms with Gasteiger partial charge in [0.25, 0.3) is 0 Å². The van der Waals surface area contributed by atoms with Crippen LogP contribution in [0.1, 0.15) is 13.3 Å². The Labute approximate surface area is 123 Å². The number of nitrogens with one attached hydrogen (secondary N) is 1. The van der Waals surface area contributed by atoms with E-state index < -0.39 is 0 Å². The van der Waals surface area contributed by atoms with Gasteiger partial charge in [0.05, 0.1) is 17.8 Å². The van der Waals surface area contributed by atoms with Gasteiger partial charge in [-0.1, -0.05) is 0 Å². The third-order valence-corrected chi connectivity index (χ3v) is 3.74. The van der Waals surface area contributed by atoms with Crippen molar-refractivity contribution in [2.24, 2.45) is 0 Å². The van der Waals surface area contributed by atoms with Crippen molar-refractivity contribution in [1.82, 2.24) is 20.2 Å². The zero-order chi connectivity index (χ0) is 14.7. The highest BCUT2D eigenvalue weighted by Gasteiger charge is 2.42. The summed E-state index contributed by atoms with van der Waals surface area (Å²) in [5.74, 6) is 0. The van der Waals surface area contributed by atoms with Crippen LogP contribution in [-0.2, 0) is 9.47 Å². The Bertz CT molecular complexity index is 557. The summed E-state index contributed by atoms with van der Waals surface area (Å²) in [5, 5.41) is 14.6. The summed E-state index contributed by atoms with van der Waals surface area (Å²) in [7, 11) is 1.73. The lowest BCUT2D eigenvalue weighted by atomic mass is 9.85. The standard InChI is InChI=1S/C14H19N5O2/c1-3-21-13-8-12(14(13)20-2)16-10-4-6-11(7-5-10)19-9-15-17-18-19/h4-7,9,12-14,16H,3,8H2,1-2H3. The molecule has 0 radical (unpaired) electrons. The second kappa shape index (κ2) is 6.19. The summed E-state index contributed by atoms with van der Waals surface area (Å²) in [6.07, 6.45) is 2.82. The molecule has 1 N–H and O–H groups in total. The van der Waals surface area contributed by atoms with Crippen molar-refractivity contribution in [1.29, 1.82) is 0 Å². The molecule has 1 fully saturated rings. The van der Waals surface area contributed by atoms with Gasteiger partial charge in [-0.15, -0.1) is 5.10 Å². The van der Waals surface area contributed by atoms with E-state index in [9.17, 15) is 0 Å². The summed E-state index contributed by atoms with van der Waals surface area (Å²) >= 11 is 0. The number of tetrazole rings is 1. The highest BCUT2D eigenvalue weighted by Crippen LogP contribution is 2.30. The largest absolute Gasteiger partial charge is 0.379 e. The maximum absolute atomic E-state index is 5.63. The molecule has 0 spiro atoms. The molecule has 1 saturated carbocycles. The van der Waals surface area contributed by atoms with Crippen LogP contribution < -0.4 is 5.32 Å². The molecule has 0 aliphatic heterocycles. The molecule has 0 saturated heterocycles. The number of aromatic nitrogens is 4. The number of rotatable bonds is 6. The van der Waals surface area contributed by atoms with Gasteiger partial charge in [-0.05, 0) is 48.0 Å². The Kier molecular flexibility index (Phi) is 4.12. The third-order valence-electron chi connectivity index (χ3n) is 3.74. The minimum absolute atomic E-state index is 0.101. The fourth-order valence-electron chi connectivity index (χ4n) is 2.62. The molecule has 0 amide bonds. The summed E-state index contributed by atoms with van der Waals surface area (Å²) < 4.78 is 12.7. The average molecular weight is 289 g/mol. The molecule has 2 aromatic rings. The molecular formula is C14H19N5O2. The predicted molar refractivity (Wildman–Crippen MR) is 77.4 cm³/mol. The van der Waals surface area contributed by atoms with Crippen LogP contribution >= 0.6 is 0 Å². The topological polar surface area (TPSA) is 74.1 Å². The lowest BCUT2D eigenvalue weighted by Gasteiger charge is -2.43. The number of methoxy groups -OCH3 is 1. The summed E-state index contributed by atoms with van der Waals surface area (Å²) in [6.45, 7) is 2.73. The van der Waals surface area contributed by atoms with Gasteiger partial charge in [-0.2, -0.15) is 0 Å². The zero-order valence-corrected chi connectivity index (χ0v) is 12.1. The van der Waals surface area contributed by atoms with Crippen LogP contribution in [0.5, 0.6) is 0 Å². The first kappa shape index (κ1) is 14.0. The molecule has 1 heterocycles. The molecule has 3 unspecified atom stereocenters. The molecule has 1 aliphatic rings. The molecule has 7 heteroatoms. The number of nitrogens with zero attached hydrogens (tertiary/aromatic N) is 4. The van der Waals surface area contributed by atoms with Crippen LogP contribution in [0.15, 0.2) is 30.6 Å². The Morgan fingerprint density at radius 1 is 1.33 bits per heavy atom. The van der Waals surface area contributed by atoms with Gasteiger partial charge >= 0.3 is 0 Å². The predicted octanol–water partition coefficient (Wildman–Crippen LogP) is 1.27. The molecule has 1 aromatic carbocycles. The van der Waals surface area contributed by atoms with E-state index >= 15 is 0 Å². The highest BCUT2D eigenvalue weighted by atomic mass is 16.5. The quantitative estimate of drug-likeness (QED) is 0.863. The van der Waals surface area contributed by atoms with Gasteiger partial charge in [0.15, 0.2) is 0 Å². The van der Waals surface area contributed by atoms with E-state index in [1.807, 2.05) is 31.2 Å². The molecule has 7 nitrogen and oxygen atoms in total. The van der Waals surface area contributed by atoms with Gasteiger partial charge in [-0.3, -0.25) is 0 Å². The normalized spacial score (nSPS) is 24.6. The van der Waals surface area contributed by atoms with Crippen LogP contribution in [-0.4, -0.2) is 52.2 Å². The molecule has 3 atom stereocenters. The van der Waals surface area contributed by atoms with Crippen molar-refractivity contribution >= 4 is 5.69 Å². The Morgan fingerprint density at radius 2 is 2.14 bits per heavy atom. The maximum atomic E-state index is 5.63. The lowest BCUT2D eigenvalue weighted by Crippen LogP contribution is -2.56. The Balaban J connectivity index is 1.61. The van der Waals surface area contributed by atoms with Gasteiger partial charge in [0, 0.05) is 19.4 Å². The monoisotopic (exact) mass is 289 g/mol. The maximum Gasteiger partial charge on any atom is 0.143 e. The minimum Gasteiger partial charge on any atom is -0.379 e. The first-order chi connectivity index (χ1) is 10.3. The number of ether oxygens (including phenoxy) is 2. The molecule has 0 bridgehead atoms. The van der Waals surface area contributed by atoms with Crippen LogP contribution in [0.4, 0.5) is 5.69 Å². The zero-order valence-electron chi connectivity index (χ0n) is 12.1. The van der Waals surface area contributed by atoms with E-state index in [1.54, 1.807) is 18.1 Å². The van der Waals surface area contributed by atoms with Crippen molar-refractivity contribution in [3.63, 3.8) is 0 Å². The van der Waals surface area contributed by atoms with Crippen LogP contribution in [0.25, 0.3) is 5.69 Å². The van der Waals surface area contributed by atoms with Gasteiger partial charge in [0.1, 0.15) is 12.4 Å². The minimum atomic E-state index is 0.101. The summed E-state index contributed by atoms with van der Waals surface area (Å²) in [6, 6.07) is 8.25. The molecule has 112 valence electrons. The van der Waals surface area contributed by atoms with E-state index in [0.29, 0.717) is 0 Å². The highest BCUT2D eigenvalue weighted by molar-refractivity contribution is 5.49. The third kappa shape index (κ3) is 2.88. The Morgan fingerprint density at radius 3 is 2.76 bits per heavy atom. The SMILES string of the molecule is CCOC1CC(Nc2ccc(-n3cnnn3)cc2)C1OC. The van der Waals surface area contributed by atoms with Crippen molar-refractivity contribution < 1.29 is 9.47 Å². The summed E-state index contributed by atoms with van der Waals surface area (Å²) in [5.41, 5.74) is 1.98. The number of anilines is 1. The second-order valence-corrected chi connectivity index (χ2v) is 4.98. The van der Waals surface area contributed by atoms with Crippen molar-refractivity contribution in [3.05, 3.63) is 30.6 Å². The van der Waals surface area contributed by atoms with E-state index in [2.05, 4.69) is 20.8 Å². The van der Waals surface area contributed by atoms with Gasteiger partial charge in [0.2, 0.25) is 0 Å². The van der Waals surface area contributed by atoms with Crippen molar-refractivity contribution in [3.8, 4) is 5.69 Å². The number of hydrogen-bond donors (Lipinski definition) is 1. The van der Waals surface area contributed by atoms with Gasteiger partial charge in [-0.25, -0.2) is 4.68 Å². The fraction of sp³-hybridized carbons (Fsp3) is 0.500. The van der Waals surface area contributed by atoms with Crippen molar-refractivity contribution in [2.75, 3.05) is 19.0 Å². The Hall–Kier alpha value is -1.99. The number of benzene rings is 1. The van der Waals surface area contributed by atoms with E-state index in [0.717, 1.165) is 24.4 Å². The average Bonchev–Trinajstić information content (AvgIpc) is 3.01. The van der Waals surface area contributed by atoms with Crippen molar-refractivity contribution in [2.45, 2.75) is 31.6 Å². The molecule has 21 heavy (non-hydrogen) atoms. The molecular weight excluding hydrogens is 270 g/mol. The molecule has 3 rings (SSSR count). The van der Waals surface area contributed by atoms with E-state index in [-0.39, 0.29) is 18.2 Å². The first-order valence-corrected chi connectivity index (χ1v) is 7.06. The van der Waals surface area contributed by atoms with Gasteiger partial charge < -0.3 is 14.8 Å². The lowest BCUT2D eigenvalue weighted by molar-refractivity contribution is -0.118. The second-order valence-electron chi connectivity index (χ2n) is 4.98. The van der Waals surface area contributed by atoms with E-state index in [1.165, 1.54) is 0 Å².